The molecule has 0 bridgehead atoms. The Morgan fingerprint density at radius 2 is 2.50 bits per heavy atom. The largest absolute Gasteiger partial charge is 0.351 e. The van der Waals surface area contributed by atoms with E-state index in [0.717, 1.165) is 16.7 Å². The molecule has 2 nitrogen and oxygen atoms in total. The van der Waals surface area contributed by atoms with Crippen molar-refractivity contribution in [3.05, 3.63) is 5.38 Å². The average molecular weight is 174 g/mol. The first kappa shape index (κ1) is 7.88. The summed E-state index contributed by atoms with van der Waals surface area (Å²) in [5, 5.41) is 3.78. The monoisotopic (exact) mass is 174 g/mol. The number of hydrogen-bond donors (Lipinski definition) is 1. The van der Waals surface area contributed by atoms with Crippen LogP contribution in [0, 0.1) is 0 Å². The second-order valence-corrected chi connectivity index (χ2v) is 3.30. The Hall–Kier alpha value is -0.220. The van der Waals surface area contributed by atoms with Crippen molar-refractivity contribution in [1.82, 2.24) is 4.98 Å². The van der Waals surface area contributed by atoms with Gasteiger partial charge in [0.1, 0.15) is 5.03 Å². The lowest BCUT2D eigenvalue weighted by atomic mass is 10.7. The van der Waals surface area contributed by atoms with Gasteiger partial charge in [-0.2, -0.15) is 0 Å². The summed E-state index contributed by atoms with van der Waals surface area (Å²) in [6.07, 6.45) is 0. The third kappa shape index (κ3) is 1.64. The number of aromatic nitrogens is 1. The molecule has 0 radical (unpaired) electrons. The Kier molecular flexibility index (Phi) is 2.56. The maximum absolute atomic E-state index is 4.19. The lowest BCUT2D eigenvalue weighted by molar-refractivity contribution is 0.946. The summed E-state index contributed by atoms with van der Waals surface area (Å²) in [6.45, 7) is 3.08. The van der Waals surface area contributed by atoms with E-state index in [9.17, 15) is 0 Å². The van der Waals surface area contributed by atoms with Crippen molar-refractivity contribution >= 4 is 29.1 Å². The van der Waals surface area contributed by atoms with Crippen LogP contribution in [0.4, 0.5) is 5.13 Å². The normalized spacial score (nSPS) is 9.90. The summed E-state index contributed by atoms with van der Waals surface area (Å²) < 4.78 is 0. The van der Waals surface area contributed by atoms with Crippen LogP contribution < -0.4 is 4.90 Å². The number of nitrogens with zero attached hydrogens (tertiary/aromatic N) is 2. The van der Waals surface area contributed by atoms with E-state index >= 15 is 0 Å². The fourth-order valence-corrected chi connectivity index (χ4v) is 1.61. The molecule has 10 heavy (non-hydrogen) atoms. The average Bonchev–Trinajstić information content (AvgIpc) is 2.34. The summed E-state index contributed by atoms with van der Waals surface area (Å²) in [6, 6.07) is 0. The second-order valence-electron chi connectivity index (χ2n) is 2.00. The van der Waals surface area contributed by atoms with Gasteiger partial charge in [-0.1, -0.05) is 0 Å². The van der Waals surface area contributed by atoms with E-state index in [2.05, 4.69) is 29.4 Å². The molecule has 0 spiro atoms. The van der Waals surface area contributed by atoms with E-state index < -0.39 is 0 Å². The first-order valence-corrected chi connectivity index (χ1v) is 4.42. The Labute approximate surface area is 70.3 Å². The Bertz CT molecular complexity index is 209. The van der Waals surface area contributed by atoms with Gasteiger partial charge in [-0.05, 0) is 6.92 Å². The maximum atomic E-state index is 4.19. The van der Waals surface area contributed by atoms with Gasteiger partial charge in [-0.25, -0.2) is 4.98 Å². The van der Waals surface area contributed by atoms with Crippen LogP contribution in [0.3, 0.4) is 0 Å². The quantitative estimate of drug-likeness (QED) is 0.689. The lowest BCUT2D eigenvalue weighted by Crippen LogP contribution is -2.15. The molecule has 0 aliphatic rings. The van der Waals surface area contributed by atoms with Gasteiger partial charge in [0, 0.05) is 19.0 Å². The van der Waals surface area contributed by atoms with E-state index in [-0.39, 0.29) is 0 Å². The molecule has 1 rings (SSSR count). The number of hydrogen-bond acceptors (Lipinski definition) is 4. The van der Waals surface area contributed by atoms with Gasteiger partial charge >= 0.3 is 0 Å². The van der Waals surface area contributed by atoms with Gasteiger partial charge in [0.25, 0.3) is 0 Å². The minimum atomic E-state index is 0.806. The molecule has 1 aromatic heterocycles. The lowest BCUT2D eigenvalue weighted by Gasteiger charge is -2.10. The van der Waals surface area contributed by atoms with Crippen molar-refractivity contribution < 1.29 is 0 Å². The fraction of sp³-hybridized carbons (Fsp3) is 0.500. The molecule has 0 saturated heterocycles. The zero-order valence-electron chi connectivity index (χ0n) is 6.03. The maximum Gasteiger partial charge on any atom is 0.186 e. The molecule has 56 valence electrons. The molecule has 4 heteroatoms. The molecule has 1 heterocycles. The van der Waals surface area contributed by atoms with Crippen LogP contribution in [-0.2, 0) is 0 Å². The zero-order valence-corrected chi connectivity index (χ0v) is 7.75. The molecule has 0 aliphatic carbocycles. The first-order chi connectivity index (χ1) is 4.74. The molecule has 0 saturated carbocycles. The Morgan fingerprint density at radius 1 is 1.80 bits per heavy atom. The number of thiazole rings is 1. The van der Waals surface area contributed by atoms with Crippen molar-refractivity contribution in [2.45, 2.75) is 11.9 Å². The summed E-state index contributed by atoms with van der Waals surface area (Å²) in [5.74, 6) is 0. The van der Waals surface area contributed by atoms with Crippen LogP contribution in [0.15, 0.2) is 10.4 Å². The van der Waals surface area contributed by atoms with Gasteiger partial charge in [0.15, 0.2) is 5.13 Å². The summed E-state index contributed by atoms with van der Waals surface area (Å²) in [4.78, 5) is 6.28. The van der Waals surface area contributed by atoms with Crippen molar-refractivity contribution in [3.8, 4) is 0 Å². The van der Waals surface area contributed by atoms with Gasteiger partial charge in [0.2, 0.25) is 0 Å². The minimum absolute atomic E-state index is 0.806. The number of thiol groups is 1. The Balaban J connectivity index is 2.74. The van der Waals surface area contributed by atoms with Crippen molar-refractivity contribution in [2.24, 2.45) is 0 Å². The zero-order chi connectivity index (χ0) is 7.56. The van der Waals surface area contributed by atoms with Crippen molar-refractivity contribution in [1.29, 1.82) is 0 Å². The highest BCUT2D eigenvalue weighted by molar-refractivity contribution is 7.80. The highest BCUT2D eigenvalue weighted by Gasteiger charge is 2.01. The van der Waals surface area contributed by atoms with E-state index in [1.807, 2.05) is 12.4 Å². The van der Waals surface area contributed by atoms with E-state index in [1.54, 1.807) is 11.3 Å². The van der Waals surface area contributed by atoms with Crippen LogP contribution in [-0.4, -0.2) is 18.6 Å². The topological polar surface area (TPSA) is 16.1 Å². The standard InChI is InChI=1S/C6H10N2S2/c1-3-8(2)6-7-5(9)4-10-6/h4,9H,3H2,1-2H3. The van der Waals surface area contributed by atoms with E-state index in [1.165, 1.54) is 0 Å². The molecule has 0 N–H and O–H groups in total. The van der Waals surface area contributed by atoms with Crippen molar-refractivity contribution in [3.63, 3.8) is 0 Å². The molecule has 0 atom stereocenters. The van der Waals surface area contributed by atoms with Crippen LogP contribution >= 0.6 is 24.0 Å². The second kappa shape index (κ2) is 3.25. The van der Waals surface area contributed by atoms with Gasteiger partial charge in [-0.3, -0.25) is 0 Å². The predicted molar refractivity (Wildman–Crippen MR) is 48.3 cm³/mol. The van der Waals surface area contributed by atoms with Gasteiger partial charge in [-0.15, -0.1) is 24.0 Å². The molecule has 0 amide bonds. The molecule has 0 aromatic carbocycles. The molecule has 0 aliphatic heterocycles. The van der Waals surface area contributed by atoms with E-state index in [4.69, 9.17) is 0 Å². The third-order valence-electron chi connectivity index (χ3n) is 1.28. The molecular formula is C6H10N2S2. The van der Waals surface area contributed by atoms with Crippen LogP contribution in [0.2, 0.25) is 0 Å². The predicted octanol–water partition coefficient (Wildman–Crippen LogP) is 1.89. The van der Waals surface area contributed by atoms with Gasteiger partial charge in [0.05, 0.1) is 0 Å². The third-order valence-corrected chi connectivity index (χ3v) is 2.64. The first-order valence-electron chi connectivity index (χ1n) is 3.09. The number of rotatable bonds is 2. The van der Waals surface area contributed by atoms with Crippen molar-refractivity contribution in [2.75, 3.05) is 18.5 Å². The molecule has 0 fully saturated rings. The summed E-state index contributed by atoms with van der Waals surface area (Å²) >= 11 is 5.73. The van der Waals surface area contributed by atoms with Crippen LogP contribution in [0.25, 0.3) is 0 Å². The number of anilines is 1. The fourth-order valence-electron chi connectivity index (χ4n) is 0.567. The Morgan fingerprint density at radius 3 is 2.90 bits per heavy atom. The van der Waals surface area contributed by atoms with Crippen LogP contribution in [0.5, 0.6) is 0 Å². The molecular weight excluding hydrogens is 164 g/mol. The minimum Gasteiger partial charge on any atom is -0.351 e. The molecule has 1 aromatic rings. The van der Waals surface area contributed by atoms with Crippen LogP contribution in [0.1, 0.15) is 6.92 Å². The SMILES string of the molecule is CCN(C)c1nc(S)cs1. The highest BCUT2D eigenvalue weighted by Crippen LogP contribution is 2.20. The molecule has 0 unspecified atom stereocenters. The smallest absolute Gasteiger partial charge is 0.186 e. The van der Waals surface area contributed by atoms with Gasteiger partial charge < -0.3 is 4.90 Å². The highest BCUT2D eigenvalue weighted by atomic mass is 32.1. The van der Waals surface area contributed by atoms with E-state index in [0.29, 0.717) is 0 Å². The summed E-state index contributed by atoms with van der Waals surface area (Å²) in [5.41, 5.74) is 0. The summed E-state index contributed by atoms with van der Waals surface area (Å²) in [7, 11) is 2.02.